The van der Waals surface area contributed by atoms with Crippen LogP contribution in [0.4, 0.5) is 0 Å². The van der Waals surface area contributed by atoms with E-state index in [1.54, 1.807) is 0 Å². The smallest absolute Gasteiger partial charge is 0.0712 e. The first-order valence-corrected chi connectivity index (χ1v) is 6.63. The minimum atomic E-state index is 0.0409. The molecule has 0 heterocycles. The van der Waals surface area contributed by atoms with E-state index in [1.165, 1.54) is 33.4 Å². The normalized spacial score (nSPS) is 12.5. The first kappa shape index (κ1) is 13.8. The Morgan fingerprint density at radius 2 is 1.58 bits per heavy atom. The van der Waals surface area contributed by atoms with Crippen LogP contribution in [0.2, 0.25) is 0 Å². The number of rotatable bonds is 3. The highest BCUT2D eigenvalue weighted by atomic mass is 15.2. The van der Waals surface area contributed by atoms with Gasteiger partial charge < -0.3 is 0 Å². The number of benzene rings is 2. The molecule has 0 amide bonds. The average Bonchev–Trinajstić information content (AvgIpc) is 2.36. The van der Waals surface area contributed by atoms with Gasteiger partial charge >= 0.3 is 0 Å². The monoisotopic (exact) mass is 254 g/mol. The van der Waals surface area contributed by atoms with Crippen LogP contribution >= 0.6 is 0 Å². The minimum Gasteiger partial charge on any atom is -0.271 e. The summed E-state index contributed by atoms with van der Waals surface area (Å²) in [6, 6.07) is 13.0. The van der Waals surface area contributed by atoms with E-state index in [9.17, 15) is 0 Å². The molecular weight excluding hydrogens is 232 g/mol. The predicted octanol–water partition coefficient (Wildman–Crippen LogP) is 3.47. The Morgan fingerprint density at radius 3 is 2.21 bits per heavy atom. The summed E-state index contributed by atoms with van der Waals surface area (Å²) >= 11 is 0. The number of aryl methyl sites for hydroxylation is 4. The molecule has 19 heavy (non-hydrogen) atoms. The standard InChI is InChI=1S/C17H22N2/c1-11-6-5-7-15(8-11)17(19-18)16-10-13(3)12(2)9-14(16)4/h5-10,17,19H,18H2,1-4H3. The second-order valence-corrected chi connectivity index (χ2v) is 5.31. The number of nitrogens with two attached hydrogens (primary N) is 1. The molecule has 0 aliphatic heterocycles. The van der Waals surface area contributed by atoms with Gasteiger partial charge in [0.25, 0.3) is 0 Å². The summed E-state index contributed by atoms with van der Waals surface area (Å²) < 4.78 is 0. The topological polar surface area (TPSA) is 38.0 Å². The van der Waals surface area contributed by atoms with Crippen molar-refractivity contribution in [2.24, 2.45) is 5.84 Å². The van der Waals surface area contributed by atoms with Gasteiger partial charge in [0.1, 0.15) is 0 Å². The molecule has 100 valence electrons. The van der Waals surface area contributed by atoms with Gasteiger partial charge in [-0.05, 0) is 55.5 Å². The Bertz CT molecular complexity index is 588. The molecule has 1 atom stereocenters. The zero-order chi connectivity index (χ0) is 14.0. The average molecular weight is 254 g/mol. The summed E-state index contributed by atoms with van der Waals surface area (Å²) in [7, 11) is 0. The van der Waals surface area contributed by atoms with E-state index in [-0.39, 0.29) is 6.04 Å². The Balaban J connectivity index is 2.51. The summed E-state index contributed by atoms with van der Waals surface area (Å²) in [6.07, 6.45) is 0. The number of hydrogen-bond acceptors (Lipinski definition) is 2. The van der Waals surface area contributed by atoms with E-state index >= 15 is 0 Å². The molecule has 0 aromatic heterocycles. The van der Waals surface area contributed by atoms with Crippen LogP contribution in [0.1, 0.15) is 39.4 Å². The highest BCUT2D eigenvalue weighted by Crippen LogP contribution is 2.27. The van der Waals surface area contributed by atoms with Crippen LogP contribution in [-0.4, -0.2) is 0 Å². The van der Waals surface area contributed by atoms with E-state index in [1.807, 2.05) is 0 Å². The molecular formula is C17H22N2. The summed E-state index contributed by atoms with van der Waals surface area (Å²) in [5, 5.41) is 0. The summed E-state index contributed by atoms with van der Waals surface area (Å²) in [5.41, 5.74) is 10.5. The van der Waals surface area contributed by atoms with E-state index < -0.39 is 0 Å². The van der Waals surface area contributed by atoms with Gasteiger partial charge in [0.15, 0.2) is 0 Å². The molecule has 3 N–H and O–H groups in total. The molecule has 0 saturated carbocycles. The molecule has 0 bridgehead atoms. The highest BCUT2D eigenvalue weighted by molar-refractivity contribution is 5.42. The van der Waals surface area contributed by atoms with Crippen molar-refractivity contribution in [2.45, 2.75) is 33.7 Å². The molecule has 0 aliphatic carbocycles. The van der Waals surface area contributed by atoms with Crippen LogP contribution < -0.4 is 11.3 Å². The van der Waals surface area contributed by atoms with E-state index in [2.05, 4.69) is 69.5 Å². The van der Waals surface area contributed by atoms with Crippen molar-refractivity contribution < 1.29 is 0 Å². The fourth-order valence-electron chi connectivity index (χ4n) is 2.51. The van der Waals surface area contributed by atoms with Gasteiger partial charge in [-0.3, -0.25) is 5.84 Å². The molecule has 0 fully saturated rings. The lowest BCUT2D eigenvalue weighted by molar-refractivity contribution is 0.632. The van der Waals surface area contributed by atoms with Crippen LogP contribution in [0.5, 0.6) is 0 Å². The van der Waals surface area contributed by atoms with Gasteiger partial charge in [-0.25, -0.2) is 5.43 Å². The van der Waals surface area contributed by atoms with E-state index in [0.29, 0.717) is 0 Å². The van der Waals surface area contributed by atoms with Gasteiger partial charge in [-0.1, -0.05) is 42.0 Å². The fourth-order valence-corrected chi connectivity index (χ4v) is 2.51. The summed E-state index contributed by atoms with van der Waals surface area (Å²) in [6.45, 7) is 8.53. The van der Waals surface area contributed by atoms with Crippen molar-refractivity contribution >= 4 is 0 Å². The van der Waals surface area contributed by atoms with Crippen LogP contribution in [0.15, 0.2) is 36.4 Å². The van der Waals surface area contributed by atoms with Gasteiger partial charge in [-0.2, -0.15) is 0 Å². The van der Waals surface area contributed by atoms with Crippen LogP contribution in [0, 0.1) is 27.7 Å². The third-order valence-electron chi connectivity index (χ3n) is 3.74. The largest absolute Gasteiger partial charge is 0.271 e. The van der Waals surface area contributed by atoms with Crippen molar-refractivity contribution in [3.8, 4) is 0 Å². The Labute approximate surface area is 115 Å². The molecule has 2 aromatic carbocycles. The molecule has 0 radical (unpaired) electrons. The van der Waals surface area contributed by atoms with Crippen molar-refractivity contribution in [3.05, 3.63) is 69.8 Å². The zero-order valence-electron chi connectivity index (χ0n) is 12.1. The second-order valence-electron chi connectivity index (χ2n) is 5.31. The maximum absolute atomic E-state index is 5.79. The molecule has 0 spiro atoms. The lowest BCUT2D eigenvalue weighted by Gasteiger charge is -2.21. The molecule has 2 aromatic rings. The lowest BCUT2D eigenvalue weighted by Crippen LogP contribution is -2.29. The number of nitrogens with one attached hydrogen (secondary N) is 1. The molecule has 0 aliphatic rings. The molecule has 2 nitrogen and oxygen atoms in total. The second kappa shape index (κ2) is 5.55. The molecule has 2 rings (SSSR count). The highest BCUT2D eigenvalue weighted by Gasteiger charge is 2.15. The van der Waals surface area contributed by atoms with Crippen molar-refractivity contribution in [1.29, 1.82) is 0 Å². The third-order valence-corrected chi connectivity index (χ3v) is 3.74. The van der Waals surface area contributed by atoms with Gasteiger partial charge in [-0.15, -0.1) is 0 Å². The quantitative estimate of drug-likeness (QED) is 0.650. The van der Waals surface area contributed by atoms with E-state index in [4.69, 9.17) is 5.84 Å². The lowest BCUT2D eigenvalue weighted by atomic mass is 9.91. The van der Waals surface area contributed by atoms with E-state index in [0.717, 1.165) is 0 Å². The maximum atomic E-state index is 5.79. The summed E-state index contributed by atoms with van der Waals surface area (Å²) in [5.74, 6) is 5.79. The van der Waals surface area contributed by atoms with Crippen molar-refractivity contribution in [2.75, 3.05) is 0 Å². The zero-order valence-corrected chi connectivity index (χ0v) is 12.1. The number of hydrazine groups is 1. The Hall–Kier alpha value is -1.64. The van der Waals surface area contributed by atoms with Gasteiger partial charge in [0.05, 0.1) is 6.04 Å². The maximum Gasteiger partial charge on any atom is 0.0712 e. The third kappa shape index (κ3) is 2.86. The fraction of sp³-hybridized carbons (Fsp3) is 0.294. The van der Waals surface area contributed by atoms with Crippen molar-refractivity contribution in [1.82, 2.24) is 5.43 Å². The molecule has 0 saturated heterocycles. The van der Waals surface area contributed by atoms with Crippen LogP contribution in [-0.2, 0) is 0 Å². The number of hydrogen-bond donors (Lipinski definition) is 2. The predicted molar refractivity (Wildman–Crippen MR) is 81.0 cm³/mol. The minimum absolute atomic E-state index is 0.0409. The van der Waals surface area contributed by atoms with Crippen molar-refractivity contribution in [3.63, 3.8) is 0 Å². The Kier molecular flexibility index (Phi) is 4.03. The van der Waals surface area contributed by atoms with Gasteiger partial charge in [0.2, 0.25) is 0 Å². The SMILES string of the molecule is Cc1cccc(C(NN)c2cc(C)c(C)cc2C)c1. The summed E-state index contributed by atoms with van der Waals surface area (Å²) in [4.78, 5) is 0. The van der Waals surface area contributed by atoms with Gasteiger partial charge in [0, 0.05) is 0 Å². The first-order valence-electron chi connectivity index (χ1n) is 6.63. The molecule has 1 unspecified atom stereocenters. The van der Waals surface area contributed by atoms with Crippen LogP contribution in [0.3, 0.4) is 0 Å². The molecule has 2 heteroatoms. The van der Waals surface area contributed by atoms with Crippen LogP contribution in [0.25, 0.3) is 0 Å². The Morgan fingerprint density at radius 1 is 0.895 bits per heavy atom. The first-order chi connectivity index (χ1) is 9.02.